The predicted molar refractivity (Wildman–Crippen MR) is 121 cm³/mol. The Balaban J connectivity index is 1.45. The number of hydrogen-bond donors (Lipinski definition) is 2. The number of amides is 4. The van der Waals surface area contributed by atoms with Crippen molar-refractivity contribution in [1.82, 2.24) is 25.3 Å². The van der Waals surface area contributed by atoms with Crippen LogP contribution in [0.4, 0.5) is 18.0 Å². The van der Waals surface area contributed by atoms with Gasteiger partial charge in [-0.3, -0.25) is 19.6 Å². The molecule has 0 spiro atoms. The Bertz CT molecular complexity index is 1110. The highest BCUT2D eigenvalue weighted by molar-refractivity contribution is 6.06. The van der Waals surface area contributed by atoms with Crippen LogP contribution in [0, 0.1) is 0 Å². The fourth-order valence-electron chi connectivity index (χ4n) is 4.70. The third-order valence-corrected chi connectivity index (χ3v) is 6.57. The molecule has 2 fully saturated rings. The molecule has 2 N–H and O–H groups in total. The molecule has 1 aromatic heterocycles. The van der Waals surface area contributed by atoms with E-state index < -0.39 is 23.3 Å². The van der Waals surface area contributed by atoms with E-state index in [9.17, 15) is 27.6 Å². The van der Waals surface area contributed by atoms with E-state index in [4.69, 9.17) is 0 Å². The number of nitrogens with zero attached hydrogens (tertiary/aromatic N) is 3. The van der Waals surface area contributed by atoms with Crippen molar-refractivity contribution in [3.05, 3.63) is 41.7 Å². The van der Waals surface area contributed by atoms with Crippen molar-refractivity contribution < 1.29 is 27.6 Å². The average Bonchev–Trinajstić information content (AvgIpc) is 3.37. The van der Waals surface area contributed by atoms with Crippen molar-refractivity contribution in [1.29, 1.82) is 0 Å². The Labute approximate surface area is 200 Å². The van der Waals surface area contributed by atoms with Crippen LogP contribution >= 0.6 is 0 Å². The van der Waals surface area contributed by atoms with Gasteiger partial charge in [0.25, 0.3) is 5.91 Å². The van der Waals surface area contributed by atoms with E-state index in [1.165, 1.54) is 12.1 Å². The highest BCUT2D eigenvalue weighted by Gasteiger charge is 2.44. The number of nitrogens with one attached hydrogen (secondary N) is 2. The summed E-state index contributed by atoms with van der Waals surface area (Å²) in [4.78, 5) is 40.4. The lowest BCUT2D eigenvalue weighted by Crippen LogP contribution is -2.41. The maximum atomic E-state index is 13.1. The SMILES string of the molecule is CC1(C)NC(=O)N(CCCC(=O)N2CCCC[C@@H]2c2[nH]ncc2-c2ccc(C(F)(F)F)cc2)C1=O. The van der Waals surface area contributed by atoms with Gasteiger partial charge >= 0.3 is 12.2 Å². The smallest absolute Gasteiger partial charge is 0.334 e. The number of aromatic amines is 1. The largest absolute Gasteiger partial charge is 0.416 e. The fourth-order valence-corrected chi connectivity index (χ4v) is 4.70. The second kappa shape index (κ2) is 9.35. The van der Waals surface area contributed by atoms with E-state index in [2.05, 4.69) is 15.5 Å². The number of carbonyl (C=O) groups is 3. The summed E-state index contributed by atoms with van der Waals surface area (Å²) in [7, 11) is 0. The summed E-state index contributed by atoms with van der Waals surface area (Å²) >= 11 is 0. The number of alkyl halides is 3. The highest BCUT2D eigenvalue weighted by Crippen LogP contribution is 2.37. The Morgan fingerprint density at radius 3 is 2.51 bits per heavy atom. The van der Waals surface area contributed by atoms with Crippen LogP contribution < -0.4 is 5.32 Å². The molecule has 4 rings (SSSR count). The number of H-pyrrole nitrogens is 1. The van der Waals surface area contributed by atoms with Crippen LogP contribution in [0.15, 0.2) is 30.5 Å². The summed E-state index contributed by atoms with van der Waals surface area (Å²) in [5.74, 6) is -0.418. The Morgan fingerprint density at radius 2 is 1.89 bits per heavy atom. The summed E-state index contributed by atoms with van der Waals surface area (Å²) in [6, 6.07) is 4.14. The molecule has 11 heteroatoms. The zero-order chi connectivity index (χ0) is 25.4. The molecule has 4 amide bonds. The first-order chi connectivity index (χ1) is 16.5. The summed E-state index contributed by atoms with van der Waals surface area (Å²) in [5.41, 5.74) is 0.253. The number of imide groups is 1. The second-order valence-electron chi connectivity index (χ2n) is 9.49. The maximum absolute atomic E-state index is 13.1. The molecule has 2 saturated heterocycles. The van der Waals surface area contributed by atoms with Gasteiger partial charge in [0.05, 0.1) is 23.5 Å². The number of aromatic nitrogens is 2. The maximum Gasteiger partial charge on any atom is 0.416 e. The molecule has 0 bridgehead atoms. The minimum atomic E-state index is -4.42. The molecule has 1 atom stereocenters. The second-order valence-corrected chi connectivity index (χ2v) is 9.49. The molecule has 0 saturated carbocycles. The van der Waals surface area contributed by atoms with Gasteiger partial charge in [0, 0.05) is 25.1 Å². The zero-order valence-electron chi connectivity index (χ0n) is 19.6. The van der Waals surface area contributed by atoms with Crippen molar-refractivity contribution in [3.63, 3.8) is 0 Å². The van der Waals surface area contributed by atoms with Gasteiger partial charge < -0.3 is 10.2 Å². The topological polar surface area (TPSA) is 98.4 Å². The van der Waals surface area contributed by atoms with Crippen molar-refractivity contribution in [2.24, 2.45) is 0 Å². The number of halogens is 3. The van der Waals surface area contributed by atoms with Crippen LogP contribution in [-0.4, -0.2) is 56.5 Å². The fraction of sp³-hybridized carbons (Fsp3) is 0.500. The van der Waals surface area contributed by atoms with Gasteiger partial charge in [-0.15, -0.1) is 0 Å². The Kier molecular flexibility index (Phi) is 6.61. The minimum Gasteiger partial charge on any atom is -0.334 e. The van der Waals surface area contributed by atoms with Crippen LogP contribution in [0.3, 0.4) is 0 Å². The molecule has 2 aliphatic heterocycles. The van der Waals surface area contributed by atoms with Crippen LogP contribution in [-0.2, 0) is 15.8 Å². The summed E-state index contributed by atoms with van der Waals surface area (Å²) < 4.78 is 38.8. The number of hydrogen-bond acceptors (Lipinski definition) is 4. The Hall–Kier alpha value is -3.37. The summed E-state index contributed by atoms with van der Waals surface area (Å²) in [6.07, 6.45) is 0.0895. The number of urea groups is 1. The quantitative estimate of drug-likeness (QED) is 0.590. The number of rotatable bonds is 6. The number of carbonyl (C=O) groups excluding carboxylic acids is 3. The lowest BCUT2D eigenvalue weighted by molar-refractivity contribution is -0.137. The van der Waals surface area contributed by atoms with E-state index >= 15 is 0 Å². The van der Waals surface area contributed by atoms with Gasteiger partial charge in [0.1, 0.15) is 5.54 Å². The van der Waals surface area contributed by atoms with Gasteiger partial charge in [0.2, 0.25) is 5.91 Å². The number of benzene rings is 1. The van der Waals surface area contributed by atoms with Crippen LogP contribution in [0.5, 0.6) is 0 Å². The van der Waals surface area contributed by atoms with Crippen LogP contribution in [0.2, 0.25) is 0 Å². The lowest BCUT2D eigenvalue weighted by atomic mass is 9.94. The van der Waals surface area contributed by atoms with E-state index in [1.54, 1.807) is 24.9 Å². The zero-order valence-corrected chi connectivity index (χ0v) is 19.6. The van der Waals surface area contributed by atoms with Gasteiger partial charge in [-0.2, -0.15) is 18.3 Å². The van der Waals surface area contributed by atoms with Crippen LogP contribution in [0.25, 0.3) is 11.1 Å². The molecule has 3 heterocycles. The van der Waals surface area contributed by atoms with E-state index in [-0.39, 0.29) is 30.8 Å². The number of likely N-dealkylation sites (tertiary alicyclic amines) is 1. The van der Waals surface area contributed by atoms with Gasteiger partial charge in [-0.05, 0) is 57.2 Å². The van der Waals surface area contributed by atoms with Crippen molar-refractivity contribution in [2.45, 2.75) is 63.7 Å². The first kappa shape index (κ1) is 24.7. The van der Waals surface area contributed by atoms with E-state index in [0.29, 0.717) is 36.2 Å². The number of piperidine rings is 1. The molecule has 1 aromatic carbocycles. The van der Waals surface area contributed by atoms with Crippen molar-refractivity contribution in [3.8, 4) is 11.1 Å². The molecule has 2 aromatic rings. The van der Waals surface area contributed by atoms with E-state index in [1.807, 2.05) is 0 Å². The van der Waals surface area contributed by atoms with Crippen molar-refractivity contribution >= 4 is 17.8 Å². The average molecular weight is 492 g/mol. The summed E-state index contributed by atoms with van der Waals surface area (Å²) in [6.45, 7) is 3.97. The molecule has 35 heavy (non-hydrogen) atoms. The first-order valence-corrected chi connectivity index (χ1v) is 11.6. The molecular formula is C24H28F3N5O3. The standard InChI is InChI=1S/C24H28F3N5O3/c1-23(2)21(34)32(22(35)29-23)13-5-7-19(33)31-12-4-3-6-18(31)20-17(14-28-30-20)15-8-10-16(11-9-15)24(25,26)27/h8-11,14,18H,3-7,12-13H2,1-2H3,(H,28,30)(H,29,35)/t18-/m1/s1. The minimum absolute atomic E-state index is 0.103. The first-order valence-electron chi connectivity index (χ1n) is 11.6. The van der Waals surface area contributed by atoms with Crippen LogP contribution in [0.1, 0.15) is 63.3 Å². The van der Waals surface area contributed by atoms with Gasteiger partial charge in [-0.1, -0.05) is 12.1 Å². The Morgan fingerprint density at radius 1 is 1.17 bits per heavy atom. The van der Waals surface area contributed by atoms with Gasteiger partial charge in [0.15, 0.2) is 0 Å². The lowest BCUT2D eigenvalue weighted by Gasteiger charge is -2.36. The molecule has 0 aliphatic carbocycles. The van der Waals surface area contributed by atoms with Crippen molar-refractivity contribution in [2.75, 3.05) is 13.1 Å². The molecule has 0 radical (unpaired) electrons. The molecule has 8 nitrogen and oxygen atoms in total. The van der Waals surface area contributed by atoms with Gasteiger partial charge in [-0.25, -0.2) is 4.79 Å². The summed E-state index contributed by atoms with van der Waals surface area (Å²) in [5, 5.41) is 9.68. The van der Waals surface area contributed by atoms with E-state index in [0.717, 1.165) is 29.9 Å². The molecule has 188 valence electrons. The predicted octanol–water partition coefficient (Wildman–Crippen LogP) is 4.26. The molecule has 2 aliphatic rings. The monoisotopic (exact) mass is 491 g/mol. The highest BCUT2D eigenvalue weighted by atomic mass is 19.4. The molecular weight excluding hydrogens is 463 g/mol. The third-order valence-electron chi connectivity index (χ3n) is 6.57. The normalized spacial score (nSPS) is 20.3. The molecule has 0 unspecified atom stereocenters. The third kappa shape index (κ3) is 5.03.